The van der Waals surface area contributed by atoms with Crippen molar-refractivity contribution in [2.45, 2.75) is 25.8 Å². The van der Waals surface area contributed by atoms with Crippen LogP contribution in [0.4, 0.5) is 5.13 Å². The molecule has 0 spiro atoms. The third-order valence-corrected chi connectivity index (χ3v) is 5.27. The first-order chi connectivity index (χ1) is 13.1. The van der Waals surface area contributed by atoms with E-state index in [-0.39, 0.29) is 17.6 Å². The summed E-state index contributed by atoms with van der Waals surface area (Å²) in [6.45, 7) is 1.81. The molecule has 7 heteroatoms. The Balaban J connectivity index is 1.75. The van der Waals surface area contributed by atoms with E-state index < -0.39 is 5.97 Å². The summed E-state index contributed by atoms with van der Waals surface area (Å²) in [6.07, 6.45) is 5.09. The number of aromatic nitrogens is 2. The van der Waals surface area contributed by atoms with E-state index in [2.05, 4.69) is 10.3 Å². The van der Waals surface area contributed by atoms with Crippen molar-refractivity contribution in [3.8, 4) is 0 Å². The Kier molecular flexibility index (Phi) is 6.03. The van der Waals surface area contributed by atoms with Crippen LogP contribution in [0, 0.1) is 0 Å². The van der Waals surface area contributed by atoms with Gasteiger partial charge in [-0.2, -0.15) is 0 Å². The molecule has 0 fully saturated rings. The molecule has 0 bridgehead atoms. The summed E-state index contributed by atoms with van der Waals surface area (Å²) < 4.78 is 6.65. The quantitative estimate of drug-likeness (QED) is 0.631. The molecule has 0 saturated carbocycles. The lowest BCUT2D eigenvalue weighted by Gasteiger charge is -2.12. The van der Waals surface area contributed by atoms with E-state index >= 15 is 0 Å². The number of nitrogens with zero attached hydrogens (tertiary/aromatic N) is 2. The second-order valence-electron chi connectivity index (χ2n) is 6.06. The first-order valence-electron chi connectivity index (χ1n) is 8.63. The van der Waals surface area contributed by atoms with Crippen LogP contribution in [0.1, 0.15) is 33.9 Å². The highest BCUT2D eigenvalue weighted by molar-refractivity contribution is 7.16. The van der Waals surface area contributed by atoms with E-state index in [1.54, 1.807) is 11.5 Å². The normalized spacial score (nSPS) is 11.8. The zero-order valence-corrected chi connectivity index (χ0v) is 16.0. The largest absolute Gasteiger partial charge is 0.464 e. The molecule has 1 amide bonds. The van der Waals surface area contributed by atoms with Gasteiger partial charge in [0.2, 0.25) is 5.91 Å². The molecule has 3 aromatic rings. The molecule has 27 heavy (non-hydrogen) atoms. The van der Waals surface area contributed by atoms with Crippen molar-refractivity contribution in [2.75, 3.05) is 12.4 Å². The third-order valence-electron chi connectivity index (χ3n) is 4.24. The molecule has 1 aromatic carbocycles. The number of benzene rings is 1. The van der Waals surface area contributed by atoms with Crippen LogP contribution >= 0.6 is 11.3 Å². The molecule has 0 aliphatic heterocycles. The number of hydrogen-bond donors (Lipinski definition) is 1. The number of anilines is 1. The molecule has 0 saturated heterocycles. The van der Waals surface area contributed by atoms with Gasteiger partial charge >= 0.3 is 5.97 Å². The summed E-state index contributed by atoms with van der Waals surface area (Å²) in [5, 5.41) is 3.21. The van der Waals surface area contributed by atoms with Crippen molar-refractivity contribution < 1.29 is 14.3 Å². The van der Waals surface area contributed by atoms with E-state index in [4.69, 9.17) is 4.74 Å². The second-order valence-corrected chi connectivity index (χ2v) is 7.15. The Morgan fingerprint density at radius 3 is 2.52 bits per heavy atom. The number of carbonyl (C=O) groups is 2. The zero-order valence-electron chi connectivity index (χ0n) is 15.2. The molecule has 6 nitrogen and oxygen atoms in total. The minimum absolute atomic E-state index is 0.189. The van der Waals surface area contributed by atoms with Gasteiger partial charge in [0.05, 0.1) is 7.11 Å². The van der Waals surface area contributed by atoms with Gasteiger partial charge in [0.1, 0.15) is 6.04 Å². The lowest BCUT2D eigenvalue weighted by atomic mass is 10.1. The number of methoxy groups -OCH3 is 1. The third kappa shape index (κ3) is 4.62. The summed E-state index contributed by atoms with van der Waals surface area (Å²) in [7, 11) is 1.33. The van der Waals surface area contributed by atoms with Gasteiger partial charge in [0, 0.05) is 17.3 Å². The van der Waals surface area contributed by atoms with Gasteiger partial charge in [-0.1, -0.05) is 30.3 Å². The Morgan fingerprint density at radius 2 is 1.85 bits per heavy atom. The van der Waals surface area contributed by atoms with Crippen molar-refractivity contribution in [1.82, 2.24) is 9.55 Å². The lowest BCUT2D eigenvalue weighted by Crippen LogP contribution is -2.22. The van der Waals surface area contributed by atoms with Gasteiger partial charge in [-0.25, -0.2) is 9.78 Å². The monoisotopic (exact) mass is 383 g/mol. The molecule has 1 atom stereocenters. The first kappa shape index (κ1) is 18.8. The Morgan fingerprint density at radius 1 is 1.15 bits per heavy atom. The van der Waals surface area contributed by atoms with Crippen molar-refractivity contribution in [3.05, 3.63) is 71.0 Å². The maximum Gasteiger partial charge on any atom is 0.357 e. The van der Waals surface area contributed by atoms with E-state index in [0.717, 1.165) is 11.3 Å². The fourth-order valence-electron chi connectivity index (χ4n) is 2.68. The minimum Gasteiger partial charge on any atom is -0.464 e. The number of hydrogen-bond acceptors (Lipinski definition) is 5. The average Bonchev–Trinajstić information content (AvgIpc) is 3.36. The van der Waals surface area contributed by atoms with Gasteiger partial charge in [0.25, 0.3) is 0 Å². The summed E-state index contributed by atoms with van der Waals surface area (Å²) in [4.78, 5) is 29.6. The number of nitrogens with one attached hydrogen (secondary N) is 1. The molecule has 0 unspecified atom stereocenters. The number of amides is 1. The Labute approximate surface area is 161 Å². The Bertz CT molecular complexity index is 904. The predicted molar refractivity (Wildman–Crippen MR) is 105 cm³/mol. The zero-order chi connectivity index (χ0) is 19.2. The van der Waals surface area contributed by atoms with Crippen LogP contribution in [0.2, 0.25) is 0 Å². The summed E-state index contributed by atoms with van der Waals surface area (Å²) >= 11 is 1.31. The summed E-state index contributed by atoms with van der Waals surface area (Å²) in [5.41, 5.74) is 1.44. The highest BCUT2D eigenvalue weighted by atomic mass is 32.1. The number of ether oxygens (including phenoxy) is 1. The van der Waals surface area contributed by atoms with Crippen LogP contribution < -0.4 is 5.32 Å². The average molecular weight is 383 g/mol. The molecule has 1 N–H and O–H groups in total. The van der Waals surface area contributed by atoms with E-state index in [0.29, 0.717) is 11.6 Å². The van der Waals surface area contributed by atoms with Crippen LogP contribution in [0.5, 0.6) is 0 Å². The maximum absolute atomic E-state index is 12.5. The molecular weight excluding hydrogens is 362 g/mol. The molecule has 2 heterocycles. The van der Waals surface area contributed by atoms with Crippen LogP contribution in [0.3, 0.4) is 0 Å². The topological polar surface area (TPSA) is 73.2 Å². The summed E-state index contributed by atoms with van der Waals surface area (Å²) in [5.74, 6) is -0.681. The van der Waals surface area contributed by atoms with Crippen LogP contribution in [0.25, 0.3) is 0 Å². The molecule has 2 aromatic heterocycles. The van der Waals surface area contributed by atoms with Crippen molar-refractivity contribution in [3.63, 3.8) is 0 Å². The lowest BCUT2D eigenvalue weighted by molar-refractivity contribution is -0.118. The fourth-order valence-corrected chi connectivity index (χ4v) is 3.64. The van der Waals surface area contributed by atoms with Crippen molar-refractivity contribution >= 4 is 28.3 Å². The number of aryl methyl sites for hydroxylation is 2. The predicted octanol–water partition coefficient (Wildman–Crippen LogP) is 3.72. The molecule has 140 valence electrons. The van der Waals surface area contributed by atoms with E-state index in [1.807, 2.05) is 54.9 Å². The Hall–Kier alpha value is -2.93. The number of esters is 1. The number of thiazole rings is 1. The molecule has 0 radical (unpaired) electrons. The maximum atomic E-state index is 12.5. The van der Waals surface area contributed by atoms with Gasteiger partial charge in [0.15, 0.2) is 10.8 Å². The first-order valence-corrected chi connectivity index (χ1v) is 9.45. The number of carbonyl (C=O) groups excluding carboxylic acids is 2. The molecule has 0 aliphatic carbocycles. The van der Waals surface area contributed by atoms with Crippen molar-refractivity contribution in [1.29, 1.82) is 0 Å². The molecule has 0 aliphatic rings. The van der Waals surface area contributed by atoms with Crippen LogP contribution in [-0.2, 0) is 22.4 Å². The summed E-state index contributed by atoms with van der Waals surface area (Å²) in [6, 6.07) is 13.4. The highest BCUT2D eigenvalue weighted by Crippen LogP contribution is 2.26. The van der Waals surface area contributed by atoms with Crippen molar-refractivity contribution in [2.24, 2.45) is 0 Å². The second kappa shape index (κ2) is 8.64. The van der Waals surface area contributed by atoms with Gasteiger partial charge in [-0.05, 0) is 37.5 Å². The van der Waals surface area contributed by atoms with Gasteiger partial charge in [-0.3, -0.25) is 4.79 Å². The van der Waals surface area contributed by atoms with E-state index in [9.17, 15) is 9.59 Å². The fraction of sp³-hybridized carbons (Fsp3) is 0.250. The highest BCUT2D eigenvalue weighted by Gasteiger charge is 2.21. The molecular formula is C20H21N3O3S. The molecule has 3 rings (SSSR count). The SMILES string of the molecule is COC(=O)c1nc(NC(=O)[C@@H](C)n2cccc2)sc1CCc1ccccc1. The van der Waals surface area contributed by atoms with Crippen LogP contribution in [0.15, 0.2) is 54.9 Å². The van der Waals surface area contributed by atoms with Crippen LogP contribution in [-0.4, -0.2) is 28.5 Å². The minimum atomic E-state index is -0.492. The van der Waals surface area contributed by atoms with Gasteiger partial charge < -0.3 is 14.6 Å². The van der Waals surface area contributed by atoms with E-state index in [1.165, 1.54) is 24.0 Å². The number of rotatable bonds is 7. The smallest absolute Gasteiger partial charge is 0.357 e. The van der Waals surface area contributed by atoms with Gasteiger partial charge in [-0.15, -0.1) is 11.3 Å². The standard InChI is InChI=1S/C20H21N3O3S/c1-14(23-12-6-7-13-23)18(24)22-20-21-17(19(25)26-2)16(27-20)11-10-15-8-4-3-5-9-15/h3-9,12-14H,10-11H2,1-2H3,(H,21,22,24)/t14-/m1/s1.